The fourth-order valence-corrected chi connectivity index (χ4v) is 3.05. The van der Waals surface area contributed by atoms with E-state index in [1.54, 1.807) is 22.9 Å². The monoisotopic (exact) mass is 302 g/mol. The Kier molecular flexibility index (Phi) is 10.2. The van der Waals surface area contributed by atoms with E-state index in [1.165, 1.54) is 17.0 Å². The van der Waals surface area contributed by atoms with E-state index in [1.807, 2.05) is 20.8 Å². The van der Waals surface area contributed by atoms with Crippen molar-refractivity contribution >= 4 is 33.2 Å². The van der Waals surface area contributed by atoms with Crippen LogP contribution < -0.4 is 0 Å². The predicted octanol–water partition coefficient (Wildman–Crippen LogP) is 4.50. The minimum atomic E-state index is -0.776. The largest absolute Gasteiger partial charge is 0.481 e. The Balaban J connectivity index is 0.00000154. The second-order valence-electron chi connectivity index (χ2n) is 3.37. The van der Waals surface area contributed by atoms with E-state index in [-0.39, 0.29) is 11.7 Å². The third kappa shape index (κ3) is 8.61. The van der Waals surface area contributed by atoms with Gasteiger partial charge in [0, 0.05) is 11.7 Å². The molecule has 1 heterocycles. The van der Waals surface area contributed by atoms with Crippen molar-refractivity contribution in [2.75, 3.05) is 0 Å². The number of carbonyl (C=O) groups is 1. The van der Waals surface area contributed by atoms with Crippen LogP contribution in [0.25, 0.3) is 0 Å². The molecule has 0 fully saturated rings. The molecule has 7 heteroatoms. The standard InChI is InChI=1S/C10H12N2O3S2.C2H6/c1-7(2-5-10(13)14)16-17-9-4-3-8(12-15)6-11-9;1-2/h3-4,6-7H,2,5H2,1H3,(H,13,14);1-2H3. The van der Waals surface area contributed by atoms with Gasteiger partial charge in [0.15, 0.2) is 0 Å². The summed E-state index contributed by atoms with van der Waals surface area (Å²) in [6.45, 7) is 5.97. The summed E-state index contributed by atoms with van der Waals surface area (Å²) >= 11 is 0. The fraction of sp³-hybridized carbons (Fsp3) is 0.500. The van der Waals surface area contributed by atoms with E-state index in [9.17, 15) is 9.70 Å². The first-order chi connectivity index (χ1) is 9.11. The number of rotatable bonds is 7. The first-order valence-electron chi connectivity index (χ1n) is 5.96. The highest BCUT2D eigenvalue weighted by Gasteiger charge is 2.07. The first kappa shape index (κ1) is 17.9. The van der Waals surface area contributed by atoms with Crippen molar-refractivity contribution in [1.82, 2.24) is 4.98 Å². The highest BCUT2D eigenvalue weighted by Crippen LogP contribution is 2.35. The first-order valence-corrected chi connectivity index (χ1v) is 8.17. The van der Waals surface area contributed by atoms with Crippen LogP contribution in [0.4, 0.5) is 5.69 Å². The van der Waals surface area contributed by atoms with E-state index >= 15 is 0 Å². The number of carboxylic acids is 1. The van der Waals surface area contributed by atoms with Crippen molar-refractivity contribution in [3.8, 4) is 0 Å². The molecule has 0 bridgehead atoms. The fourth-order valence-electron chi connectivity index (χ4n) is 0.982. The normalized spacial score (nSPS) is 11.1. The van der Waals surface area contributed by atoms with Crippen LogP contribution in [-0.4, -0.2) is 21.3 Å². The summed E-state index contributed by atoms with van der Waals surface area (Å²) in [6.07, 6.45) is 2.22. The minimum Gasteiger partial charge on any atom is -0.481 e. The molecule has 1 aromatic heterocycles. The van der Waals surface area contributed by atoms with Crippen molar-refractivity contribution < 1.29 is 9.90 Å². The van der Waals surface area contributed by atoms with Gasteiger partial charge in [0.05, 0.1) is 6.20 Å². The molecule has 5 nitrogen and oxygen atoms in total. The Labute approximate surface area is 121 Å². The maximum Gasteiger partial charge on any atom is 0.303 e. The molecule has 0 amide bonds. The number of carboxylic acid groups (broad SMARTS) is 1. The van der Waals surface area contributed by atoms with Crippen LogP contribution in [0.1, 0.15) is 33.6 Å². The molecule has 1 N–H and O–H groups in total. The zero-order chi connectivity index (χ0) is 14.7. The molecule has 0 saturated carbocycles. The average molecular weight is 302 g/mol. The minimum absolute atomic E-state index is 0.177. The van der Waals surface area contributed by atoms with Crippen LogP contribution in [0.2, 0.25) is 0 Å². The van der Waals surface area contributed by atoms with Gasteiger partial charge >= 0.3 is 5.97 Å². The van der Waals surface area contributed by atoms with Gasteiger partial charge in [-0.05, 0) is 34.5 Å². The van der Waals surface area contributed by atoms with E-state index in [2.05, 4.69) is 10.2 Å². The van der Waals surface area contributed by atoms with Gasteiger partial charge in [-0.25, -0.2) is 4.98 Å². The maximum absolute atomic E-state index is 10.4. The van der Waals surface area contributed by atoms with Crippen LogP contribution in [0.5, 0.6) is 0 Å². The molecular formula is C12H18N2O3S2. The van der Waals surface area contributed by atoms with Crippen molar-refractivity contribution in [3.05, 3.63) is 23.2 Å². The summed E-state index contributed by atoms with van der Waals surface area (Å²) < 4.78 is 0. The molecular weight excluding hydrogens is 284 g/mol. The van der Waals surface area contributed by atoms with Crippen molar-refractivity contribution in [2.45, 2.75) is 43.9 Å². The Morgan fingerprint density at radius 2 is 2.16 bits per heavy atom. The van der Waals surface area contributed by atoms with Crippen LogP contribution in [0.15, 0.2) is 28.5 Å². The molecule has 1 rings (SSSR count). The zero-order valence-electron chi connectivity index (χ0n) is 11.2. The number of hydrogen-bond acceptors (Lipinski definition) is 6. The lowest BCUT2D eigenvalue weighted by molar-refractivity contribution is -0.137. The summed E-state index contributed by atoms with van der Waals surface area (Å²) in [5.41, 5.74) is 0.304. The van der Waals surface area contributed by atoms with Crippen molar-refractivity contribution in [3.63, 3.8) is 0 Å². The predicted molar refractivity (Wildman–Crippen MR) is 80.8 cm³/mol. The quantitative estimate of drug-likeness (QED) is 0.590. The molecule has 0 aliphatic carbocycles. The van der Waals surface area contributed by atoms with E-state index in [0.29, 0.717) is 12.1 Å². The summed E-state index contributed by atoms with van der Waals surface area (Å²) in [7, 11) is 3.04. The molecule has 19 heavy (non-hydrogen) atoms. The second kappa shape index (κ2) is 10.8. The molecule has 0 aromatic carbocycles. The highest BCUT2D eigenvalue weighted by atomic mass is 33.1. The Hall–Kier alpha value is -1.08. The number of hydrogen-bond donors (Lipinski definition) is 1. The van der Waals surface area contributed by atoms with Crippen molar-refractivity contribution in [1.29, 1.82) is 0 Å². The Bertz CT molecular complexity index is 385. The topological polar surface area (TPSA) is 79.6 Å². The van der Waals surface area contributed by atoms with Gasteiger partial charge in [0.1, 0.15) is 10.7 Å². The molecule has 0 saturated heterocycles. The summed E-state index contributed by atoms with van der Waals surface area (Å²) in [6, 6.07) is 3.32. The summed E-state index contributed by atoms with van der Waals surface area (Å²) in [4.78, 5) is 24.6. The van der Waals surface area contributed by atoms with E-state index in [0.717, 1.165) is 5.03 Å². The lowest BCUT2D eigenvalue weighted by Gasteiger charge is -2.07. The number of nitrogens with zero attached hydrogens (tertiary/aromatic N) is 2. The lowest BCUT2D eigenvalue weighted by Crippen LogP contribution is -2.00. The molecule has 0 aliphatic heterocycles. The van der Waals surface area contributed by atoms with Crippen LogP contribution in [0.3, 0.4) is 0 Å². The Morgan fingerprint density at radius 3 is 2.63 bits per heavy atom. The molecule has 1 aromatic rings. The number of nitroso groups, excluding NO2 is 1. The van der Waals surface area contributed by atoms with Gasteiger partial charge in [-0.1, -0.05) is 31.6 Å². The zero-order valence-corrected chi connectivity index (χ0v) is 12.8. The van der Waals surface area contributed by atoms with Crippen molar-refractivity contribution in [2.24, 2.45) is 5.18 Å². The van der Waals surface area contributed by atoms with Gasteiger partial charge < -0.3 is 5.11 Å². The van der Waals surface area contributed by atoms with Crippen LogP contribution in [-0.2, 0) is 4.79 Å². The van der Waals surface area contributed by atoms with E-state index < -0.39 is 5.97 Å². The lowest BCUT2D eigenvalue weighted by atomic mass is 10.2. The summed E-state index contributed by atoms with van der Waals surface area (Å²) in [5, 5.41) is 12.3. The number of pyridine rings is 1. The van der Waals surface area contributed by atoms with Gasteiger partial charge in [-0.2, -0.15) is 0 Å². The molecule has 106 valence electrons. The SMILES string of the molecule is CC.CC(CCC(=O)O)SSc1ccc(N=O)cn1. The van der Waals surface area contributed by atoms with Gasteiger partial charge in [-0.15, -0.1) is 4.91 Å². The Morgan fingerprint density at radius 1 is 1.47 bits per heavy atom. The molecule has 1 atom stereocenters. The molecule has 0 radical (unpaired) electrons. The van der Waals surface area contributed by atoms with Gasteiger partial charge in [0.2, 0.25) is 0 Å². The summed E-state index contributed by atoms with van der Waals surface area (Å²) in [5.74, 6) is -0.776. The molecule has 0 aliphatic rings. The van der Waals surface area contributed by atoms with Crippen LogP contribution in [0, 0.1) is 4.91 Å². The third-order valence-electron chi connectivity index (χ3n) is 1.89. The number of aromatic nitrogens is 1. The van der Waals surface area contributed by atoms with E-state index in [4.69, 9.17) is 5.11 Å². The highest BCUT2D eigenvalue weighted by molar-refractivity contribution is 8.76. The third-order valence-corrected chi connectivity index (χ3v) is 4.75. The molecule has 1 unspecified atom stereocenters. The number of aliphatic carboxylic acids is 1. The van der Waals surface area contributed by atoms with Gasteiger partial charge in [-0.3, -0.25) is 4.79 Å². The smallest absolute Gasteiger partial charge is 0.303 e. The second-order valence-corrected chi connectivity index (χ2v) is 6.03. The van der Waals surface area contributed by atoms with Crippen LogP contribution >= 0.6 is 21.6 Å². The maximum atomic E-state index is 10.4. The molecule has 0 spiro atoms. The average Bonchev–Trinajstić information content (AvgIpc) is 2.45. The van der Waals surface area contributed by atoms with Gasteiger partial charge in [0.25, 0.3) is 0 Å².